The molecule has 1 fully saturated rings. The van der Waals surface area contributed by atoms with Crippen molar-refractivity contribution in [1.29, 1.82) is 0 Å². The molecule has 0 radical (unpaired) electrons. The molecule has 0 spiro atoms. The Morgan fingerprint density at radius 1 is 1.21 bits per heavy atom. The summed E-state index contributed by atoms with van der Waals surface area (Å²) >= 11 is 6.45. The van der Waals surface area contributed by atoms with Crippen molar-refractivity contribution in [3.63, 3.8) is 0 Å². The van der Waals surface area contributed by atoms with Gasteiger partial charge in [0.05, 0.1) is 30.5 Å². The molecule has 2 aromatic heterocycles. The van der Waals surface area contributed by atoms with Crippen molar-refractivity contribution >= 4 is 17.2 Å². The van der Waals surface area contributed by atoms with Crippen LogP contribution < -0.4 is 0 Å². The van der Waals surface area contributed by atoms with Crippen LogP contribution in [-0.4, -0.2) is 27.4 Å². The Balaban J connectivity index is 1.61. The van der Waals surface area contributed by atoms with E-state index in [1.807, 2.05) is 6.07 Å². The summed E-state index contributed by atoms with van der Waals surface area (Å²) in [4.78, 5) is 4.56. The molecule has 0 atom stereocenters. The second-order valence-electron chi connectivity index (χ2n) is 6.56. The zero-order valence-corrected chi connectivity index (χ0v) is 13.7. The van der Waals surface area contributed by atoms with Crippen LogP contribution in [0.25, 0.3) is 5.65 Å². The van der Waals surface area contributed by atoms with Crippen LogP contribution in [0.2, 0.25) is 5.15 Å². The zero-order chi connectivity index (χ0) is 16.9. The molecule has 24 heavy (non-hydrogen) atoms. The van der Waals surface area contributed by atoms with Crippen LogP contribution in [0.5, 0.6) is 0 Å². The molecule has 0 unspecified atom stereocenters. The van der Waals surface area contributed by atoms with Crippen LogP contribution in [0.4, 0.5) is 13.2 Å². The number of fused-ring (bicyclic) bond motifs is 2. The third-order valence-electron chi connectivity index (χ3n) is 5.09. The average Bonchev–Trinajstić information content (AvgIpc) is 2.99. The van der Waals surface area contributed by atoms with Crippen LogP contribution in [0, 0.1) is 5.92 Å². The molecule has 0 N–H and O–H groups in total. The van der Waals surface area contributed by atoms with Crippen molar-refractivity contribution in [2.45, 2.75) is 50.8 Å². The maximum atomic E-state index is 12.8. The molecule has 4 nitrogen and oxygen atoms in total. The molecule has 0 amide bonds. The van der Waals surface area contributed by atoms with Gasteiger partial charge in [-0.15, -0.1) is 0 Å². The molecule has 1 aliphatic heterocycles. The van der Waals surface area contributed by atoms with E-state index in [-0.39, 0.29) is 18.8 Å². The molecule has 0 aromatic carbocycles. The molecule has 2 aromatic rings. The molecule has 4 rings (SSSR count). The van der Waals surface area contributed by atoms with Crippen LogP contribution in [0.15, 0.2) is 6.07 Å². The predicted octanol–water partition coefficient (Wildman–Crippen LogP) is 4.29. The van der Waals surface area contributed by atoms with Gasteiger partial charge in [-0.1, -0.05) is 11.6 Å². The minimum Gasteiger partial charge on any atom is -0.375 e. The van der Waals surface area contributed by atoms with E-state index in [4.69, 9.17) is 16.3 Å². The van der Waals surface area contributed by atoms with Gasteiger partial charge in [0.2, 0.25) is 0 Å². The van der Waals surface area contributed by atoms with Gasteiger partial charge in [-0.2, -0.15) is 18.3 Å². The predicted molar refractivity (Wildman–Crippen MR) is 82.1 cm³/mol. The van der Waals surface area contributed by atoms with E-state index in [1.54, 1.807) is 4.52 Å². The van der Waals surface area contributed by atoms with E-state index < -0.39 is 12.1 Å². The lowest BCUT2D eigenvalue weighted by Crippen LogP contribution is -2.27. The van der Waals surface area contributed by atoms with E-state index in [0.29, 0.717) is 43.3 Å². The normalized spacial score (nSPS) is 25.0. The number of nitrogens with zero attached hydrogens (tertiary/aromatic N) is 3. The maximum absolute atomic E-state index is 12.8. The van der Waals surface area contributed by atoms with Gasteiger partial charge in [-0.25, -0.2) is 9.50 Å². The van der Waals surface area contributed by atoms with Gasteiger partial charge in [0, 0.05) is 24.0 Å². The molecular formula is C16H17ClF3N3O. The third kappa shape index (κ3) is 2.77. The number of aromatic nitrogens is 3. The highest BCUT2D eigenvalue weighted by Gasteiger charge is 2.42. The number of alkyl halides is 3. The van der Waals surface area contributed by atoms with E-state index >= 15 is 0 Å². The highest BCUT2D eigenvalue weighted by molar-refractivity contribution is 6.30. The van der Waals surface area contributed by atoms with E-state index in [1.165, 1.54) is 0 Å². The summed E-state index contributed by atoms with van der Waals surface area (Å²) in [6.45, 7) is 1.04. The van der Waals surface area contributed by atoms with Crippen molar-refractivity contribution in [1.82, 2.24) is 14.6 Å². The number of ether oxygens (including phenoxy) is 1. The summed E-state index contributed by atoms with van der Waals surface area (Å²) in [6, 6.07) is 1.85. The molecule has 3 heterocycles. The fraction of sp³-hybridized carbons (Fsp3) is 0.625. The Morgan fingerprint density at radius 3 is 2.67 bits per heavy atom. The number of hydrogen-bond donors (Lipinski definition) is 0. The molecule has 130 valence electrons. The minimum atomic E-state index is -4.09. The number of rotatable bonds is 1. The minimum absolute atomic E-state index is 0.0367. The van der Waals surface area contributed by atoms with Crippen molar-refractivity contribution in [2.24, 2.45) is 5.92 Å². The SMILES string of the molecule is FC(F)(F)[C@H]1CC[C@H](c2cc3nc4c(c(Cl)n3n2)CCOC4)CC1. The first-order valence-corrected chi connectivity index (χ1v) is 8.52. The van der Waals surface area contributed by atoms with Gasteiger partial charge in [-0.3, -0.25) is 0 Å². The molecule has 1 saturated carbocycles. The zero-order valence-electron chi connectivity index (χ0n) is 12.9. The fourth-order valence-corrected chi connectivity index (χ4v) is 4.02. The molecule has 0 saturated heterocycles. The Kier molecular flexibility index (Phi) is 3.95. The summed E-state index contributed by atoms with van der Waals surface area (Å²) < 4.78 is 45.4. The van der Waals surface area contributed by atoms with Crippen molar-refractivity contribution in [3.05, 3.63) is 28.2 Å². The lowest BCUT2D eigenvalue weighted by molar-refractivity contribution is -0.182. The van der Waals surface area contributed by atoms with Gasteiger partial charge < -0.3 is 4.74 Å². The second-order valence-corrected chi connectivity index (χ2v) is 6.92. The molecule has 2 aliphatic rings. The van der Waals surface area contributed by atoms with Crippen LogP contribution in [0.3, 0.4) is 0 Å². The van der Waals surface area contributed by atoms with Gasteiger partial charge >= 0.3 is 6.18 Å². The van der Waals surface area contributed by atoms with Gasteiger partial charge in [0.1, 0.15) is 5.15 Å². The molecule has 8 heteroatoms. The Bertz CT molecular complexity index is 766. The number of hydrogen-bond acceptors (Lipinski definition) is 3. The van der Waals surface area contributed by atoms with Gasteiger partial charge in [-0.05, 0) is 25.7 Å². The topological polar surface area (TPSA) is 39.4 Å². The van der Waals surface area contributed by atoms with Crippen molar-refractivity contribution < 1.29 is 17.9 Å². The van der Waals surface area contributed by atoms with Crippen molar-refractivity contribution in [2.75, 3.05) is 6.61 Å². The lowest BCUT2D eigenvalue weighted by Gasteiger charge is -2.28. The second kappa shape index (κ2) is 5.88. The summed E-state index contributed by atoms with van der Waals surface area (Å²) in [6.07, 6.45) is -2.08. The highest BCUT2D eigenvalue weighted by Crippen LogP contribution is 2.42. The van der Waals surface area contributed by atoms with Crippen LogP contribution in [0.1, 0.15) is 48.6 Å². The highest BCUT2D eigenvalue weighted by atomic mass is 35.5. The van der Waals surface area contributed by atoms with E-state index in [2.05, 4.69) is 10.1 Å². The van der Waals surface area contributed by atoms with Crippen LogP contribution >= 0.6 is 11.6 Å². The van der Waals surface area contributed by atoms with E-state index in [9.17, 15) is 13.2 Å². The monoisotopic (exact) mass is 359 g/mol. The average molecular weight is 360 g/mol. The first-order chi connectivity index (χ1) is 11.4. The number of halogens is 4. The maximum Gasteiger partial charge on any atom is 0.391 e. The van der Waals surface area contributed by atoms with Gasteiger partial charge in [0.25, 0.3) is 0 Å². The third-order valence-corrected chi connectivity index (χ3v) is 5.47. The Labute approximate surface area is 142 Å². The largest absolute Gasteiger partial charge is 0.391 e. The Hall–Kier alpha value is -1.34. The standard InChI is InChI=1S/C16H17ClF3N3O/c17-15-11-5-6-24-8-13(11)21-14-7-12(22-23(14)15)9-1-3-10(4-2-9)16(18,19)20/h7,9-10H,1-6,8H2/t9-,10-. The van der Waals surface area contributed by atoms with Gasteiger partial charge in [0.15, 0.2) is 5.65 Å². The first kappa shape index (κ1) is 16.1. The van der Waals surface area contributed by atoms with E-state index in [0.717, 1.165) is 17.0 Å². The first-order valence-electron chi connectivity index (χ1n) is 8.15. The summed E-state index contributed by atoms with van der Waals surface area (Å²) in [7, 11) is 0. The van der Waals surface area contributed by atoms with Crippen molar-refractivity contribution in [3.8, 4) is 0 Å². The van der Waals surface area contributed by atoms with Crippen LogP contribution in [-0.2, 0) is 17.8 Å². The fourth-order valence-electron chi connectivity index (χ4n) is 3.69. The molecule has 0 bridgehead atoms. The molecular weight excluding hydrogens is 343 g/mol. The summed E-state index contributed by atoms with van der Waals surface area (Å²) in [5.74, 6) is -1.15. The summed E-state index contributed by atoms with van der Waals surface area (Å²) in [5.41, 5.74) is 3.20. The molecule has 1 aliphatic carbocycles. The Morgan fingerprint density at radius 2 is 1.96 bits per heavy atom. The summed E-state index contributed by atoms with van der Waals surface area (Å²) in [5, 5.41) is 5.07. The lowest BCUT2D eigenvalue weighted by atomic mass is 9.80. The quantitative estimate of drug-likeness (QED) is 0.713. The smallest absolute Gasteiger partial charge is 0.375 e.